The molecule has 0 spiro atoms. The van der Waals surface area contributed by atoms with Crippen LogP contribution in [0.25, 0.3) is 0 Å². The van der Waals surface area contributed by atoms with Crippen molar-refractivity contribution < 1.29 is 32.2 Å². The van der Waals surface area contributed by atoms with Gasteiger partial charge in [0, 0.05) is 13.0 Å². The summed E-state index contributed by atoms with van der Waals surface area (Å²) in [5, 5.41) is 0.138. The summed E-state index contributed by atoms with van der Waals surface area (Å²) in [5.41, 5.74) is 3.86. The molecule has 0 N–H and O–H groups in total. The maximum absolute atomic E-state index is 7.34. The van der Waals surface area contributed by atoms with E-state index in [-0.39, 0.29) is 46.5 Å². The standard InChI is InChI=1S/C47H84O7Si3/c1-34(2)57(35(3)4,36(5)6)51-29-28-37(7)44(54-56(17,18)47(11,12)13)45-42(53-45)30-41(49-32-39-24-26-40(48-14)27-25-39)43(33-52-55(15,16)46(8,9)10)50-31-38-22-20-19-21-23-38/h19-27,34-37,41-45H,28-33H2,1-18H3/t37-,41-,42-,43-,44-,45-/m1/s1. The van der Waals surface area contributed by atoms with Crippen molar-refractivity contribution in [1.29, 1.82) is 0 Å². The first-order chi connectivity index (χ1) is 26.4. The summed E-state index contributed by atoms with van der Waals surface area (Å²) in [5.74, 6) is 1.09. The molecule has 10 heteroatoms. The van der Waals surface area contributed by atoms with Crippen LogP contribution < -0.4 is 4.74 Å². The minimum atomic E-state index is -2.14. The Bertz CT molecular complexity index is 1430. The molecule has 0 unspecified atom stereocenters. The van der Waals surface area contributed by atoms with Crippen LogP contribution in [-0.4, -0.2) is 75.8 Å². The number of hydrogen-bond acceptors (Lipinski definition) is 7. The molecule has 326 valence electrons. The van der Waals surface area contributed by atoms with Gasteiger partial charge in [0.1, 0.15) is 18.0 Å². The molecule has 57 heavy (non-hydrogen) atoms. The Morgan fingerprint density at radius 2 is 1.16 bits per heavy atom. The summed E-state index contributed by atoms with van der Waals surface area (Å²) in [6.07, 6.45) is 0.975. The summed E-state index contributed by atoms with van der Waals surface area (Å²) in [6, 6.07) is 18.5. The molecule has 7 nitrogen and oxygen atoms in total. The lowest BCUT2D eigenvalue weighted by Gasteiger charge is -2.43. The SMILES string of the molecule is COc1ccc(CO[C@H](C[C@H]2O[C@H]2[C@H](O[Si](C)(C)C(C)(C)C)[C@H](C)CCO[Si](C(C)C)(C(C)C)C(C)C)[C@@H](CO[Si](C)(C)C(C)(C)C)OCc2ccccc2)cc1. The van der Waals surface area contributed by atoms with Crippen LogP contribution in [0, 0.1) is 5.92 Å². The van der Waals surface area contributed by atoms with E-state index in [1.54, 1.807) is 7.11 Å². The molecule has 0 bridgehead atoms. The number of epoxide rings is 1. The van der Waals surface area contributed by atoms with Gasteiger partial charge < -0.3 is 32.2 Å². The van der Waals surface area contributed by atoms with Crippen LogP contribution in [0.15, 0.2) is 54.6 Å². The average molecular weight is 845 g/mol. The molecule has 0 radical (unpaired) electrons. The molecule has 1 saturated heterocycles. The van der Waals surface area contributed by atoms with Gasteiger partial charge in [-0.25, -0.2) is 0 Å². The smallest absolute Gasteiger partial charge is 0.200 e. The summed E-state index contributed by atoms with van der Waals surface area (Å²) < 4.78 is 47.2. The highest BCUT2D eigenvalue weighted by Crippen LogP contribution is 2.45. The zero-order valence-corrected chi connectivity index (χ0v) is 42.5. The molecule has 0 amide bonds. The molecule has 6 atom stereocenters. The predicted molar refractivity (Wildman–Crippen MR) is 246 cm³/mol. The van der Waals surface area contributed by atoms with Gasteiger partial charge in [-0.3, -0.25) is 0 Å². The van der Waals surface area contributed by atoms with E-state index in [1.165, 1.54) is 0 Å². The Hall–Kier alpha value is -1.35. The number of methoxy groups -OCH3 is 1. The van der Waals surface area contributed by atoms with Gasteiger partial charge in [-0.1, -0.05) is 132 Å². The van der Waals surface area contributed by atoms with Crippen molar-refractivity contribution in [2.24, 2.45) is 5.92 Å². The number of hydrogen-bond donors (Lipinski definition) is 0. The summed E-state index contributed by atoms with van der Waals surface area (Å²) in [4.78, 5) is 0. The highest BCUT2D eigenvalue weighted by molar-refractivity contribution is 6.77. The fourth-order valence-corrected chi connectivity index (χ4v) is 15.7. The second-order valence-electron chi connectivity index (χ2n) is 20.8. The van der Waals surface area contributed by atoms with E-state index >= 15 is 0 Å². The average Bonchev–Trinajstić information content (AvgIpc) is 3.88. The first kappa shape index (κ1) is 50.0. The van der Waals surface area contributed by atoms with Crippen molar-refractivity contribution in [2.75, 3.05) is 20.3 Å². The normalized spacial score (nSPS) is 19.2. The molecule has 1 aliphatic heterocycles. The molecule has 0 aromatic heterocycles. The van der Waals surface area contributed by atoms with E-state index in [0.717, 1.165) is 29.9 Å². The van der Waals surface area contributed by atoms with Gasteiger partial charge in [0.2, 0.25) is 0 Å². The Kier molecular flexibility index (Phi) is 18.4. The van der Waals surface area contributed by atoms with E-state index in [9.17, 15) is 0 Å². The molecule has 0 saturated carbocycles. The lowest BCUT2D eigenvalue weighted by Crippen LogP contribution is -2.49. The Morgan fingerprint density at radius 3 is 1.65 bits per heavy atom. The highest BCUT2D eigenvalue weighted by atomic mass is 28.4. The summed E-state index contributed by atoms with van der Waals surface area (Å²) >= 11 is 0. The molecular formula is C47H84O7Si3. The maximum atomic E-state index is 7.34. The van der Waals surface area contributed by atoms with Crippen molar-refractivity contribution in [3.8, 4) is 5.75 Å². The molecule has 1 fully saturated rings. The van der Waals surface area contributed by atoms with Crippen molar-refractivity contribution >= 4 is 25.0 Å². The zero-order chi connectivity index (χ0) is 43.0. The van der Waals surface area contributed by atoms with Crippen LogP contribution in [0.1, 0.15) is 114 Å². The van der Waals surface area contributed by atoms with Crippen LogP contribution in [0.4, 0.5) is 0 Å². The zero-order valence-electron chi connectivity index (χ0n) is 39.5. The van der Waals surface area contributed by atoms with Gasteiger partial charge in [-0.15, -0.1) is 0 Å². The predicted octanol–water partition coefficient (Wildman–Crippen LogP) is 13.0. The summed E-state index contributed by atoms with van der Waals surface area (Å²) in [7, 11) is -4.52. The third-order valence-electron chi connectivity index (χ3n) is 13.6. The van der Waals surface area contributed by atoms with Crippen molar-refractivity contribution in [2.45, 2.75) is 199 Å². The van der Waals surface area contributed by atoms with Gasteiger partial charge in [-0.2, -0.15) is 0 Å². The second kappa shape index (κ2) is 21.0. The Morgan fingerprint density at radius 1 is 0.649 bits per heavy atom. The molecule has 2 aromatic carbocycles. The van der Waals surface area contributed by atoms with Gasteiger partial charge >= 0.3 is 0 Å². The first-order valence-electron chi connectivity index (χ1n) is 21.9. The van der Waals surface area contributed by atoms with Gasteiger partial charge in [0.05, 0.1) is 45.2 Å². The van der Waals surface area contributed by atoms with Gasteiger partial charge in [-0.05, 0) is 88.5 Å². The van der Waals surface area contributed by atoms with E-state index in [2.05, 4.69) is 153 Å². The minimum Gasteiger partial charge on any atom is -0.497 e. The number of ether oxygens (including phenoxy) is 4. The lowest BCUT2D eigenvalue weighted by molar-refractivity contribution is -0.106. The number of benzene rings is 2. The monoisotopic (exact) mass is 845 g/mol. The topological polar surface area (TPSA) is 67.9 Å². The molecule has 2 aromatic rings. The van der Waals surface area contributed by atoms with Crippen molar-refractivity contribution in [3.63, 3.8) is 0 Å². The largest absolute Gasteiger partial charge is 0.497 e. The molecular weight excluding hydrogens is 761 g/mol. The third-order valence-corrected chi connectivity index (χ3v) is 28.7. The molecule has 3 rings (SSSR count). The van der Waals surface area contributed by atoms with Crippen molar-refractivity contribution in [1.82, 2.24) is 0 Å². The van der Waals surface area contributed by atoms with Crippen LogP contribution in [0.5, 0.6) is 5.75 Å². The van der Waals surface area contributed by atoms with Crippen LogP contribution in [0.3, 0.4) is 0 Å². The first-order valence-corrected chi connectivity index (χ1v) is 29.8. The van der Waals surface area contributed by atoms with E-state index in [4.69, 9.17) is 32.2 Å². The van der Waals surface area contributed by atoms with E-state index in [0.29, 0.717) is 42.9 Å². The van der Waals surface area contributed by atoms with Crippen LogP contribution in [0.2, 0.25) is 52.9 Å². The fourth-order valence-electron chi connectivity index (χ4n) is 7.77. The number of rotatable bonds is 24. The third kappa shape index (κ3) is 13.8. The lowest BCUT2D eigenvalue weighted by atomic mass is 9.95. The Balaban J connectivity index is 1.93. The highest BCUT2D eigenvalue weighted by Gasteiger charge is 2.53. The van der Waals surface area contributed by atoms with Gasteiger partial charge in [0.15, 0.2) is 25.0 Å². The quantitative estimate of drug-likeness (QED) is 0.0770. The van der Waals surface area contributed by atoms with Crippen molar-refractivity contribution in [3.05, 3.63) is 65.7 Å². The molecule has 1 heterocycles. The van der Waals surface area contributed by atoms with Gasteiger partial charge in [0.25, 0.3) is 0 Å². The Labute approximate surface area is 353 Å². The van der Waals surface area contributed by atoms with Crippen LogP contribution >= 0.6 is 0 Å². The maximum Gasteiger partial charge on any atom is 0.200 e. The molecule has 0 aliphatic carbocycles. The second-order valence-corrected chi connectivity index (χ2v) is 35.8. The minimum absolute atomic E-state index is 0.0184. The van der Waals surface area contributed by atoms with Crippen LogP contribution in [-0.2, 0) is 40.7 Å². The summed E-state index contributed by atoms with van der Waals surface area (Å²) in [6.45, 7) is 41.8. The fraction of sp³-hybridized carbons (Fsp3) is 0.745. The molecule has 1 aliphatic rings. The van der Waals surface area contributed by atoms with E-state index < -0.39 is 25.0 Å². The van der Waals surface area contributed by atoms with E-state index in [1.807, 2.05) is 18.2 Å².